The van der Waals surface area contributed by atoms with Crippen LogP contribution < -0.4 is 5.43 Å². The fourth-order valence-corrected chi connectivity index (χ4v) is 2.51. The number of hydrogen-bond donors (Lipinski definition) is 1. The minimum atomic E-state index is -0.369. The van der Waals surface area contributed by atoms with Crippen molar-refractivity contribution in [3.63, 3.8) is 0 Å². The molecule has 2 rings (SSSR count). The van der Waals surface area contributed by atoms with Crippen LogP contribution in [0.3, 0.4) is 0 Å². The molecule has 1 aromatic heterocycles. The third-order valence-electron chi connectivity index (χ3n) is 2.80. The summed E-state index contributed by atoms with van der Waals surface area (Å²) >= 11 is 1.66. The molecule has 1 N–H and O–H groups in total. The lowest BCUT2D eigenvalue weighted by Crippen LogP contribution is -2.19. The van der Waals surface area contributed by atoms with Crippen LogP contribution in [0.15, 0.2) is 41.5 Å². The normalized spacial score (nSPS) is 11.4. The summed E-state index contributed by atoms with van der Waals surface area (Å²) in [5, 5.41) is 4.07. The Balaban J connectivity index is 2.04. The van der Waals surface area contributed by atoms with Crippen molar-refractivity contribution >= 4 is 23.0 Å². The lowest BCUT2D eigenvalue weighted by molar-refractivity contribution is 0.0955. The Morgan fingerprint density at radius 3 is 2.55 bits per heavy atom. The predicted octanol–water partition coefficient (Wildman–Crippen LogP) is 3.60. The van der Waals surface area contributed by atoms with Gasteiger partial charge in [-0.25, -0.2) is 9.82 Å². The zero-order chi connectivity index (χ0) is 14.5. The van der Waals surface area contributed by atoms with Crippen LogP contribution >= 0.6 is 11.3 Å². The third-order valence-corrected chi connectivity index (χ3v) is 4.14. The van der Waals surface area contributed by atoms with Gasteiger partial charge in [0.1, 0.15) is 5.82 Å². The van der Waals surface area contributed by atoms with Gasteiger partial charge in [-0.3, -0.25) is 4.79 Å². The molecule has 0 atom stereocenters. The number of nitrogens with zero attached hydrogens (tertiary/aromatic N) is 1. The van der Waals surface area contributed by atoms with Crippen LogP contribution in [0.4, 0.5) is 4.39 Å². The highest BCUT2D eigenvalue weighted by Gasteiger charge is 2.06. The molecule has 0 bridgehead atoms. The predicted molar refractivity (Wildman–Crippen MR) is 79.8 cm³/mol. The van der Waals surface area contributed by atoms with Crippen LogP contribution in [-0.4, -0.2) is 11.6 Å². The van der Waals surface area contributed by atoms with Crippen molar-refractivity contribution in [2.45, 2.75) is 20.3 Å². The summed E-state index contributed by atoms with van der Waals surface area (Å²) in [6.45, 7) is 3.94. The van der Waals surface area contributed by atoms with Gasteiger partial charge in [0, 0.05) is 10.4 Å². The largest absolute Gasteiger partial charge is 0.271 e. The number of halogens is 1. The maximum atomic E-state index is 12.8. The Morgan fingerprint density at radius 2 is 1.95 bits per heavy atom. The summed E-state index contributed by atoms with van der Waals surface area (Å²) in [4.78, 5) is 14.1. The molecular formula is C15H15FN2OS. The number of nitrogens with one attached hydrogen (secondary N) is 1. The van der Waals surface area contributed by atoms with Crippen molar-refractivity contribution in [2.75, 3.05) is 0 Å². The van der Waals surface area contributed by atoms with Crippen LogP contribution in [-0.2, 0) is 6.42 Å². The summed E-state index contributed by atoms with van der Waals surface area (Å²) in [5.74, 6) is -0.719. The van der Waals surface area contributed by atoms with Crippen LogP contribution in [0.25, 0.3) is 0 Å². The first kappa shape index (κ1) is 14.4. The molecule has 0 fully saturated rings. The lowest BCUT2D eigenvalue weighted by Gasteiger charge is -2.01. The van der Waals surface area contributed by atoms with Gasteiger partial charge in [0.25, 0.3) is 5.91 Å². The maximum absolute atomic E-state index is 12.8. The third kappa shape index (κ3) is 3.51. The highest BCUT2D eigenvalue weighted by atomic mass is 32.1. The van der Waals surface area contributed by atoms with E-state index in [0.29, 0.717) is 5.56 Å². The number of benzene rings is 1. The molecule has 0 aliphatic carbocycles. The number of thiophene rings is 1. The monoisotopic (exact) mass is 290 g/mol. The van der Waals surface area contributed by atoms with Crippen molar-refractivity contribution < 1.29 is 9.18 Å². The second kappa shape index (κ2) is 6.43. The van der Waals surface area contributed by atoms with Gasteiger partial charge in [-0.15, -0.1) is 11.3 Å². The van der Waals surface area contributed by atoms with E-state index in [2.05, 4.69) is 23.5 Å². The highest BCUT2D eigenvalue weighted by Crippen LogP contribution is 2.17. The molecule has 0 saturated carbocycles. The Labute approximate surface area is 121 Å². The van der Waals surface area contributed by atoms with Crippen molar-refractivity contribution in [2.24, 2.45) is 5.10 Å². The molecule has 1 heterocycles. The smallest absolute Gasteiger partial charge is 0.267 e. The Kier molecular flexibility index (Phi) is 4.63. The van der Waals surface area contributed by atoms with E-state index in [-0.39, 0.29) is 11.7 Å². The van der Waals surface area contributed by atoms with Crippen molar-refractivity contribution in [1.82, 2.24) is 5.43 Å². The SMILES string of the molecule is CCc1ccc(/C(C)=N/NC(=O)c2ccc(F)cc2)s1. The van der Waals surface area contributed by atoms with Crippen LogP contribution in [0.5, 0.6) is 0 Å². The van der Waals surface area contributed by atoms with Crippen molar-refractivity contribution in [3.8, 4) is 0 Å². The minimum Gasteiger partial charge on any atom is -0.267 e. The van der Waals surface area contributed by atoms with Gasteiger partial charge in [0.2, 0.25) is 0 Å². The molecule has 0 radical (unpaired) electrons. The molecule has 3 nitrogen and oxygen atoms in total. The van der Waals surface area contributed by atoms with Crippen LogP contribution in [0.1, 0.15) is 34.0 Å². The van der Waals surface area contributed by atoms with Gasteiger partial charge in [-0.1, -0.05) is 6.92 Å². The van der Waals surface area contributed by atoms with Gasteiger partial charge in [0.15, 0.2) is 0 Å². The van der Waals surface area contributed by atoms with Gasteiger partial charge in [0.05, 0.1) is 10.6 Å². The van der Waals surface area contributed by atoms with Gasteiger partial charge >= 0.3 is 0 Å². The van der Waals surface area contributed by atoms with Crippen molar-refractivity contribution in [1.29, 1.82) is 0 Å². The van der Waals surface area contributed by atoms with Crippen LogP contribution in [0.2, 0.25) is 0 Å². The van der Waals surface area contributed by atoms with E-state index in [9.17, 15) is 9.18 Å². The number of rotatable bonds is 4. The van der Waals surface area contributed by atoms with Crippen LogP contribution in [0, 0.1) is 5.82 Å². The molecule has 0 unspecified atom stereocenters. The van der Waals surface area contributed by atoms with Gasteiger partial charge in [-0.05, 0) is 49.7 Å². The zero-order valence-electron chi connectivity index (χ0n) is 11.3. The Morgan fingerprint density at radius 1 is 1.25 bits per heavy atom. The number of hydrogen-bond acceptors (Lipinski definition) is 3. The summed E-state index contributed by atoms with van der Waals surface area (Å²) in [5.41, 5.74) is 3.61. The average Bonchev–Trinajstić information content (AvgIpc) is 2.94. The molecule has 5 heteroatoms. The van der Waals surface area contributed by atoms with Gasteiger partial charge < -0.3 is 0 Å². The van der Waals surface area contributed by atoms with Crippen molar-refractivity contribution in [3.05, 3.63) is 57.5 Å². The zero-order valence-corrected chi connectivity index (χ0v) is 12.1. The summed E-state index contributed by atoms with van der Waals surface area (Å²) in [7, 11) is 0. The van der Waals surface area contributed by atoms with E-state index in [1.165, 1.54) is 29.1 Å². The molecule has 0 spiro atoms. The maximum Gasteiger partial charge on any atom is 0.271 e. The molecule has 0 aliphatic heterocycles. The first-order chi connectivity index (χ1) is 9.60. The highest BCUT2D eigenvalue weighted by molar-refractivity contribution is 7.14. The summed E-state index contributed by atoms with van der Waals surface area (Å²) < 4.78 is 12.8. The average molecular weight is 290 g/mol. The topological polar surface area (TPSA) is 41.5 Å². The number of carbonyl (C=O) groups is 1. The standard InChI is InChI=1S/C15H15FN2OS/c1-3-13-8-9-14(20-13)10(2)17-18-15(19)11-4-6-12(16)7-5-11/h4-9H,3H2,1-2H3,(H,18,19)/b17-10+. The second-order valence-electron chi connectivity index (χ2n) is 4.26. The number of amides is 1. The molecule has 20 heavy (non-hydrogen) atoms. The molecule has 1 aromatic carbocycles. The first-order valence-corrected chi connectivity index (χ1v) is 7.11. The number of hydrazone groups is 1. The first-order valence-electron chi connectivity index (χ1n) is 6.29. The fourth-order valence-electron chi connectivity index (χ4n) is 1.62. The fraction of sp³-hybridized carbons (Fsp3) is 0.200. The lowest BCUT2D eigenvalue weighted by atomic mass is 10.2. The van der Waals surface area contributed by atoms with E-state index < -0.39 is 0 Å². The van der Waals surface area contributed by atoms with E-state index >= 15 is 0 Å². The molecule has 0 saturated heterocycles. The molecule has 104 valence electrons. The Bertz CT molecular complexity index is 632. The van der Waals surface area contributed by atoms with E-state index in [4.69, 9.17) is 0 Å². The molecule has 0 aliphatic rings. The molecule has 2 aromatic rings. The Hall–Kier alpha value is -2.01. The molecule has 1 amide bonds. The minimum absolute atomic E-state index is 0.350. The van der Waals surface area contributed by atoms with E-state index in [1.807, 2.05) is 13.0 Å². The summed E-state index contributed by atoms with van der Waals surface area (Å²) in [6.07, 6.45) is 0.986. The van der Waals surface area contributed by atoms with E-state index in [1.54, 1.807) is 11.3 Å². The number of carbonyl (C=O) groups excluding carboxylic acids is 1. The van der Waals surface area contributed by atoms with Gasteiger partial charge in [-0.2, -0.15) is 5.10 Å². The summed E-state index contributed by atoms with van der Waals surface area (Å²) in [6, 6.07) is 9.40. The number of aryl methyl sites for hydroxylation is 1. The van der Waals surface area contributed by atoms with E-state index in [0.717, 1.165) is 17.0 Å². The molecular weight excluding hydrogens is 275 g/mol. The quantitative estimate of drug-likeness (QED) is 0.678. The second-order valence-corrected chi connectivity index (χ2v) is 5.43.